The van der Waals surface area contributed by atoms with Crippen LogP contribution >= 0.6 is 22.9 Å². The topological polar surface area (TPSA) is 63.8 Å². The van der Waals surface area contributed by atoms with E-state index in [4.69, 9.17) is 21.3 Å². The van der Waals surface area contributed by atoms with Crippen molar-refractivity contribution in [3.05, 3.63) is 119 Å². The predicted octanol–water partition coefficient (Wildman–Crippen LogP) is 4.69. The number of allylic oxidation sites excluding steroid dienone is 1. The summed E-state index contributed by atoms with van der Waals surface area (Å²) in [6.07, 6.45) is 3.55. The highest BCUT2D eigenvalue weighted by Crippen LogP contribution is 2.41. The number of thiazole rings is 1. The number of benzene rings is 3. The van der Waals surface area contributed by atoms with Gasteiger partial charge in [0, 0.05) is 5.56 Å². The van der Waals surface area contributed by atoms with Crippen LogP contribution < -0.4 is 19.6 Å². The highest BCUT2D eigenvalue weighted by atomic mass is 35.5. The van der Waals surface area contributed by atoms with Crippen LogP contribution in [0.3, 0.4) is 0 Å². The first-order valence-electron chi connectivity index (χ1n) is 11.3. The zero-order valence-electron chi connectivity index (χ0n) is 18.9. The van der Waals surface area contributed by atoms with Crippen molar-refractivity contribution in [3.63, 3.8) is 0 Å². The first-order valence-corrected chi connectivity index (χ1v) is 12.5. The van der Waals surface area contributed by atoms with E-state index in [1.165, 1.54) is 29.6 Å². The van der Waals surface area contributed by atoms with E-state index < -0.39 is 0 Å². The number of fused-ring (bicyclic) bond motifs is 3. The molecule has 0 radical (unpaired) electrons. The third-order valence-corrected chi connectivity index (χ3v) is 7.83. The molecule has 6 rings (SSSR count). The molecule has 0 saturated carbocycles. The van der Waals surface area contributed by atoms with E-state index in [1.54, 1.807) is 18.2 Å². The van der Waals surface area contributed by atoms with Crippen LogP contribution in [0.25, 0.3) is 11.8 Å². The van der Waals surface area contributed by atoms with Crippen LogP contribution in [0, 0.1) is 0 Å². The van der Waals surface area contributed by atoms with Crippen molar-refractivity contribution in [1.29, 1.82) is 0 Å². The molecule has 1 aromatic heterocycles. The minimum Gasteiger partial charge on any atom is -0.503 e. The van der Waals surface area contributed by atoms with Gasteiger partial charge in [-0.05, 0) is 53.3 Å². The first-order chi connectivity index (χ1) is 17.0. The lowest BCUT2D eigenvalue weighted by atomic mass is 9.83. The molecule has 1 aliphatic carbocycles. The van der Waals surface area contributed by atoms with E-state index in [0.717, 1.165) is 29.7 Å². The number of aryl methyl sites for hydroxylation is 1. The van der Waals surface area contributed by atoms with Crippen molar-refractivity contribution in [2.75, 3.05) is 7.11 Å². The van der Waals surface area contributed by atoms with E-state index >= 15 is 0 Å². The molecular formula is C28H21ClN2O3S. The largest absolute Gasteiger partial charge is 0.503 e. The summed E-state index contributed by atoms with van der Waals surface area (Å²) >= 11 is 7.54. The average molecular weight is 501 g/mol. The van der Waals surface area contributed by atoms with Crippen LogP contribution in [0.15, 0.2) is 82.1 Å². The SMILES string of the molecule is COc1cc(C=c2sc3n(c2=O)C(c2ccccc2)C2=C(N=3)c3ccccc3CC2)cc(Cl)c1O. The Balaban J connectivity index is 1.61. The maximum absolute atomic E-state index is 13.8. The Morgan fingerprint density at radius 3 is 2.69 bits per heavy atom. The van der Waals surface area contributed by atoms with Gasteiger partial charge in [0.1, 0.15) is 0 Å². The molecule has 5 nitrogen and oxygen atoms in total. The molecule has 0 bridgehead atoms. The molecule has 0 saturated heterocycles. The van der Waals surface area contributed by atoms with Crippen LogP contribution in [-0.2, 0) is 6.42 Å². The predicted molar refractivity (Wildman–Crippen MR) is 139 cm³/mol. The van der Waals surface area contributed by atoms with Crippen molar-refractivity contribution in [2.24, 2.45) is 4.99 Å². The fourth-order valence-electron chi connectivity index (χ4n) is 4.94. The van der Waals surface area contributed by atoms with Crippen LogP contribution in [0.2, 0.25) is 5.02 Å². The van der Waals surface area contributed by atoms with Gasteiger partial charge < -0.3 is 9.84 Å². The fraction of sp³-hybridized carbons (Fsp3) is 0.143. The maximum Gasteiger partial charge on any atom is 0.271 e. The lowest BCUT2D eigenvalue weighted by molar-refractivity contribution is 0.373. The molecule has 2 aliphatic rings. The van der Waals surface area contributed by atoms with Crippen molar-refractivity contribution in [1.82, 2.24) is 4.57 Å². The second-order valence-electron chi connectivity index (χ2n) is 8.58. The van der Waals surface area contributed by atoms with Crippen molar-refractivity contribution in [2.45, 2.75) is 18.9 Å². The summed E-state index contributed by atoms with van der Waals surface area (Å²) in [5.41, 5.74) is 6.20. The van der Waals surface area contributed by atoms with Crippen LogP contribution in [0.4, 0.5) is 0 Å². The summed E-state index contributed by atoms with van der Waals surface area (Å²) in [5, 5.41) is 10.2. The number of halogens is 1. The number of ether oxygens (including phenoxy) is 1. The number of methoxy groups -OCH3 is 1. The lowest BCUT2D eigenvalue weighted by Crippen LogP contribution is -2.38. The van der Waals surface area contributed by atoms with Gasteiger partial charge in [-0.15, -0.1) is 0 Å². The molecule has 1 atom stereocenters. The number of rotatable bonds is 3. The second-order valence-corrected chi connectivity index (χ2v) is 9.99. The molecule has 0 spiro atoms. The molecule has 0 amide bonds. The summed E-state index contributed by atoms with van der Waals surface area (Å²) in [7, 11) is 1.46. The lowest BCUT2D eigenvalue weighted by Gasteiger charge is -2.30. The molecule has 0 fully saturated rings. The van der Waals surface area contributed by atoms with E-state index in [1.807, 2.05) is 28.8 Å². The quantitative estimate of drug-likeness (QED) is 0.444. The molecule has 174 valence electrons. The first kappa shape index (κ1) is 21.9. The number of phenols is 1. The minimum absolute atomic E-state index is 0.101. The standard InChI is InChI=1S/C28H21ClN2O3S/c1-34-22-14-16(13-21(29)26(22)32)15-23-27(33)31-25(18-8-3-2-4-9-18)20-12-11-17-7-5-6-10-19(17)24(20)30-28(31)35-23/h2-10,13-15,25,32H,11-12H2,1H3. The molecular weight excluding hydrogens is 480 g/mol. The summed E-state index contributed by atoms with van der Waals surface area (Å²) in [6, 6.07) is 21.6. The highest BCUT2D eigenvalue weighted by molar-refractivity contribution is 7.07. The number of phenolic OH excluding ortho intramolecular Hbond substituents is 1. The van der Waals surface area contributed by atoms with Gasteiger partial charge in [0.2, 0.25) is 0 Å². The third kappa shape index (κ3) is 3.61. The monoisotopic (exact) mass is 500 g/mol. The Hall–Kier alpha value is -3.61. The Morgan fingerprint density at radius 1 is 1.11 bits per heavy atom. The summed E-state index contributed by atoms with van der Waals surface area (Å²) in [6.45, 7) is 0. The molecule has 2 heterocycles. The Kier molecular flexibility index (Phi) is 5.35. The van der Waals surface area contributed by atoms with Gasteiger partial charge in [0.15, 0.2) is 16.3 Å². The summed E-state index contributed by atoms with van der Waals surface area (Å²) in [5.74, 6) is 0.133. The van der Waals surface area contributed by atoms with E-state index in [9.17, 15) is 9.90 Å². The number of aromatic hydroxyl groups is 1. The van der Waals surface area contributed by atoms with Gasteiger partial charge in [-0.3, -0.25) is 9.36 Å². The Morgan fingerprint density at radius 2 is 1.89 bits per heavy atom. The van der Waals surface area contributed by atoms with Gasteiger partial charge in [-0.1, -0.05) is 77.5 Å². The number of aromatic nitrogens is 1. The van der Waals surface area contributed by atoms with E-state index in [-0.39, 0.29) is 28.1 Å². The van der Waals surface area contributed by atoms with Crippen LogP contribution in [0.1, 0.15) is 34.7 Å². The fourth-order valence-corrected chi connectivity index (χ4v) is 6.16. The van der Waals surface area contributed by atoms with Crippen molar-refractivity contribution >= 4 is 34.7 Å². The molecule has 35 heavy (non-hydrogen) atoms. The minimum atomic E-state index is -0.212. The Bertz CT molecular complexity index is 1690. The maximum atomic E-state index is 13.8. The highest BCUT2D eigenvalue weighted by Gasteiger charge is 2.32. The molecule has 1 aliphatic heterocycles. The van der Waals surface area contributed by atoms with Crippen LogP contribution in [-0.4, -0.2) is 16.8 Å². The average Bonchev–Trinajstić information content (AvgIpc) is 3.19. The number of hydrogen-bond acceptors (Lipinski definition) is 5. The Labute approximate surface area is 210 Å². The number of hydrogen-bond donors (Lipinski definition) is 1. The number of nitrogens with zero attached hydrogens (tertiary/aromatic N) is 2. The van der Waals surface area contributed by atoms with Gasteiger partial charge in [-0.2, -0.15) is 0 Å². The second kappa shape index (κ2) is 8.56. The van der Waals surface area contributed by atoms with Gasteiger partial charge >= 0.3 is 0 Å². The molecule has 1 N–H and O–H groups in total. The molecule has 4 aromatic rings. The molecule has 1 unspecified atom stereocenters. The van der Waals surface area contributed by atoms with E-state index in [2.05, 4.69) is 30.3 Å². The smallest absolute Gasteiger partial charge is 0.271 e. The van der Waals surface area contributed by atoms with Crippen LogP contribution in [0.5, 0.6) is 11.5 Å². The van der Waals surface area contributed by atoms with Crippen molar-refractivity contribution < 1.29 is 9.84 Å². The zero-order chi connectivity index (χ0) is 24.1. The zero-order valence-corrected chi connectivity index (χ0v) is 20.4. The summed E-state index contributed by atoms with van der Waals surface area (Å²) < 4.78 is 7.59. The van der Waals surface area contributed by atoms with Gasteiger partial charge in [-0.25, -0.2) is 4.99 Å². The molecule has 3 aromatic carbocycles. The normalized spacial score (nSPS) is 16.9. The molecule has 7 heteroatoms. The van der Waals surface area contributed by atoms with E-state index in [0.29, 0.717) is 14.9 Å². The third-order valence-electron chi connectivity index (χ3n) is 6.56. The van der Waals surface area contributed by atoms with Crippen molar-refractivity contribution in [3.8, 4) is 11.5 Å². The van der Waals surface area contributed by atoms with Gasteiger partial charge in [0.25, 0.3) is 5.56 Å². The summed E-state index contributed by atoms with van der Waals surface area (Å²) in [4.78, 5) is 19.5. The van der Waals surface area contributed by atoms with Gasteiger partial charge in [0.05, 0.1) is 28.4 Å².